The molecule has 170 valence electrons. The van der Waals surface area contributed by atoms with Crippen molar-refractivity contribution in [2.24, 2.45) is 5.10 Å². The molecule has 1 N–H and O–H groups in total. The largest absolute Gasteiger partial charge is 0.490 e. The van der Waals surface area contributed by atoms with Crippen LogP contribution in [0.3, 0.4) is 0 Å². The number of nitro groups is 1. The van der Waals surface area contributed by atoms with Crippen molar-refractivity contribution >= 4 is 23.7 Å². The lowest BCUT2D eigenvalue weighted by molar-refractivity contribution is -0.384. The molecular formula is C22H26N4O6. The summed E-state index contributed by atoms with van der Waals surface area (Å²) in [5, 5.41) is 14.7. The molecule has 0 unspecified atom stereocenters. The van der Waals surface area contributed by atoms with Crippen LogP contribution >= 0.6 is 0 Å². The van der Waals surface area contributed by atoms with E-state index in [1.54, 1.807) is 23.1 Å². The summed E-state index contributed by atoms with van der Waals surface area (Å²) in [5.41, 5.74) is 2.89. The number of carbonyl (C=O) groups is 2. The van der Waals surface area contributed by atoms with Crippen molar-refractivity contribution in [3.63, 3.8) is 0 Å². The molecule has 0 heterocycles. The molecule has 2 aromatic carbocycles. The molecule has 0 fully saturated rings. The summed E-state index contributed by atoms with van der Waals surface area (Å²) < 4.78 is 11.2. The van der Waals surface area contributed by atoms with Crippen LogP contribution in [0.4, 0.5) is 5.69 Å². The highest BCUT2D eigenvalue weighted by Gasteiger charge is 2.13. The topological polar surface area (TPSA) is 123 Å². The van der Waals surface area contributed by atoms with E-state index in [1.807, 2.05) is 20.8 Å². The summed E-state index contributed by atoms with van der Waals surface area (Å²) in [6.45, 7) is 7.13. The fraction of sp³-hybridized carbons (Fsp3) is 0.318. The van der Waals surface area contributed by atoms with Gasteiger partial charge >= 0.3 is 0 Å². The van der Waals surface area contributed by atoms with E-state index in [0.29, 0.717) is 36.8 Å². The Balaban J connectivity index is 2.05. The van der Waals surface area contributed by atoms with Crippen molar-refractivity contribution in [3.8, 4) is 11.5 Å². The van der Waals surface area contributed by atoms with Crippen LogP contribution in [-0.4, -0.2) is 54.2 Å². The maximum Gasteiger partial charge on any atom is 0.271 e. The monoisotopic (exact) mass is 442 g/mol. The highest BCUT2D eigenvalue weighted by Crippen LogP contribution is 2.28. The van der Waals surface area contributed by atoms with Gasteiger partial charge in [0, 0.05) is 30.8 Å². The minimum atomic E-state index is -0.579. The van der Waals surface area contributed by atoms with Crippen LogP contribution in [0.2, 0.25) is 0 Å². The maximum absolute atomic E-state index is 12.2. The molecule has 10 nitrogen and oxygen atoms in total. The van der Waals surface area contributed by atoms with Gasteiger partial charge in [-0.15, -0.1) is 0 Å². The van der Waals surface area contributed by atoms with E-state index >= 15 is 0 Å². The van der Waals surface area contributed by atoms with E-state index < -0.39 is 10.8 Å². The van der Waals surface area contributed by atoms with Crippen LogP contribution in [-0.2, 0) is 4.79 Å². The number of likely N-dealkylation sites (N-methyl/N-ethyl adjacent to an activating group) is 1. The number of ether oxygens (including phenoxy) is 2. The van der Waals surface area contributed by atoms with Crippen LogP contribution in [0.5, 0.6) is 11.5 Å². The zero-order valence-electron chi connectivity index (χ0n) is 18.2. The van der Waals surface area contributed by atoms with Crippen molar-refractivity contribution in [2.45, 2.75) is 20.8 Å². The fourth-order valence-corrected chi connectivity index (χ4v) is 2.79. The van der Waals surface area contributed by atoms with Crippen molar-refractivity contribution < 1.29 is 24.0 Å². The molecule has 0 aliphatic carbocycles. The number of hydrogen-bond donors (Lipinski definition) is 1. The Kier molecular flexibility index (Phi) is 9.15. The van der Waals surface area contributed by atoms with Gasteiger partial charge in [-0.3, -0.25) is 19.7 Å². The summed E-state index contributed by atoms with van der Waals surface area (Å²) >= 11 is 0. The second-order valence-corrected chi connectivity index (χ2v) is 6.50. The Labute approximate surface area is 186 Å². The van der Waals surface area contributed by atoms with Crippen LogP contribution in [0.1, 0.15) is 36.7 Å². The molecule has 2 rings (SSSR count). The number of non-ortho nitro benzene ring substituents is 1. The number of nitrogens with zero attached hydrogens (tertiary/aromatic N) is 3. The first-order valence-corrected chi connectivity index (χ1v) is 10.1. The standard InChI is InChI=1S/C22H26N4O6/c1-4-25(5-2)21(27)15-32-19-11-10-16(12-20(19)31-6-3)14-23-24-22(28)17-8-7-9-18(13-17)26(29)30/h7-14H,4-6,15H2,1-3H3,(H,24,28)/b23-14+. The zero-order valence-corrected chi connectivity index (χ0v) is 18.2. The number of nitro benzene ring substituents is 1. The van der Waals surface area contributed by atoms with Crippen LogP contribution in [0.25, 0.3) is 0 Å². The lowest BCUT2D eigenvalue weighted by Gasteiger charge is -2.19. The van der Waals surface area contributed by atoms with E-state index in [2.05, 4.69) is 10.5 Å². The van der Waals surface area contributed by atoms with Crippen LogP contribution < -0.4 is 14.9 Å². The summed E-state index contributed by atoms with van der Waals surface area (Å²) in [6, 6.07) is 10.4. The van der Waals surface area contributed by atoms with Gasteiger partial charge in [0.1, 0.15) is 0 Å². The average Bonchev–Trinajstić information content (AvgIpc) is 2.79. The second kappa shape index (κ2) is 12.0. The Morgan fingerprint density at radius 1 is 1.09 bits per heavy atom. The van der Waals surface area contributed by atoms with Gasteiger partial charge in [0.2, 0.25) is 0 Å². The Bertz CT molecular complexity index is 988. The van der Waals surface area contributed by atoms with E-state index in [0.717, 1.165) is 0 Å². The second-order valence-electron chi connectivity index (χ2n) is 6.50. The van der Waals surface area contributed by atoms with Crippen molar-refractivity contribution in [1.29, 1.82) is 0 Å². The molecule has 0 aliphatic rings. The lowest BCUT2D eigenvalue weighted by atomic mass is 10.2. The van der Waals surface area contributed by atoms with Gasteiger partial charge in [-0.05, 0) is 50.6 Å². The first kappa shape index (κ1) is 24.3. The molecule has 0 radical (unpaired) electrons. The Morgan fingerprint density at radius 2 is 1.84 bits per heavy atom. The molecule has 0 saturated heterocycles. The first-order chi connectivity index (χ1) is 15.4. The molecule has 0 aliphatic heterocycles. The van der Waals surface area contributed by atoms with Crippen molar-refractivity contribution in [2.75, 3.05) is 26.3 Å². The normalized spacial score (nSPS) is 10.6. The fourth-order valence-electron chi connectivity index (χ4n) is 2.79. The number of amides is 2. The zero-order chi connectivity index (χ0) is 23.5. The van der Waals surface area contributed by atoms with Gasteiger partial charge in [0.25, 0.3) is 17.5 Å². The minimum Gasteiger partial charge on any atom is -0.490 e. The summed E-state index contributed by atoms with van der Waals surface area (Å²) in [7, 11) is 0. The summed E-state index contributed by atoms with van der Waals surface area (Å²) in [6.07, 6.45) is 1.41. The van der Waals surface area contributed by atoms with Crippen molar-refractivity contribution in [3.05, 3.63) is 63.7 Å². The van der Waals surface area contributed by atoms with Gasteiger partial charge in [0.15, 0.2) is 18.1 Å². The summed E-state index contributed by atoms with van der Waals surface area (Å²) in [5.74, 6) is 0.163. The highest BCUT2D eigenvalue weighted by molar-refractivity contribution is 5.95. The molecule has 0 saturated carbocycles. The van der Waals surface area contributed by atoms with Gasteiger partial charge in [-0.25, -0.2) is 5.43 Å². The maximum atomic E-state index is 12.2. The van der Waals surface area contributed by atoms with E-state index in [4.69, 9.17) is 9.47 Å². The Morgan fingerprint density at radius 3 is 2.50 bits per heavy atom. The van der Waals surface area contributed by atoms with Gasteiger partial charge < -0.3 is 14.4 Å². The number of benzene rings is 2. The predicted octanol–water partition coefficient (Wildman–Crippen LogP) is 3.00. The number of rotatable bonds is 11. The van der Waals surface area contributed by atoms with Gasteiger partial charge in [-0.2, -0.15) is 5.10 Å². The number of hydrazone groups is 1. The molecule has 2 aromatic rings. The molecule has 2 amide bonds. The number of nitrogens with one attached hydrogen (secondary N) is 1. The molecule has 10 heteroatoms. The number of hydrogen-bond acceptors (Lipinski definition) is 7. The predicted molar refractivity (Wildman–Crippen MR) is 119 cm³/mol. The van der Waals surface area contributed by atoms with Crippen molar-refractivity contribution in [1.82, 2.24) is 10.3 Å². The van der Waals surface area contributed by atoms with E-state index in [9.17, 15) is 19.7 Å². The molecule has 0 bridgehead atoms. The van der Waals surface area contributed by atoms with E-state index in [1.165, 1.54) is 30.5 Å². The molecule has 0 aromatic heterocycles. The van der Waals surface area contributed by atoms with Crippen LogP contribution in [0.15, 0.2) is 47.6 Å². The third kappa shape index (κ3) is 6.79. The molecule has 32 heavy (non-hydrogen) atoms. The number of carbonyl (C=O) groups excluding carboxylic acids is 2. The molecule has 0 atom stereocenters. The average molecular weight is 442 g/mol. The third-order valence-corrected chi connectivity index (χ3v) is 4.43. The Hall–Kier alpha value is -3.95. The lowest BCUT2D eigenvalue weighted by Crippen LogP contribution is -2.34. The first-order valence-electron chi connectivity index (χ1n) is 10.1. The molecule has 0 spiro atoms. The smallest absolute Gasteiger partial charge is 0.271 e. The SMILES string of the molecule is CCOc1cc(/C=N/NC(=O)c2cccc([N+](=O)[O-])c2)ccc1OCC(=O)N(CC)CC. The third-order valence-electron chi connectivity index (χ3n) is 4.43. The highest BCUT2D eigenvalue weighted by atomic mass is 16.6. The van der Waals surface area contributed by atoms with Gasteiger partial charge in [0.05, 0.1) is 17.7 Å². The minimum absolute atomic E-state index is 0.103. The quantitative estimate of drug-likeness (QED) is 0.324. The van der Waals surface area contributed by atoms with Crippen LogP contribution in [0, 0.1) is 10.1 Å². The molecular weight excluding hydrogens is 416 g/mol. The van der Waals surface area contributed by atoms with Gasteiger partial charge in [-0.1, -0.05) is 6.07 Å². The van der Waals surface area contributed by atoms with E-state index in [-0.39, 0.29) is 23.8 Å². The summed E-state index contributed by atoms with van der Waals surface area (Å²) in [4.78, 5) is 36.2.